The van der Waals surface area contributed by atoms with E-state index in [0.717, 1.165) is 16.0 Å². The van der Waals surface area contributed by atoms with E-state index in [1.54, 1.807) is 34.4 Å². The molecule has 0 fully saturated rings. The summed E-state index contributed by atoms with van der Waals surface area (Å²) in [7, 11) is 0. The van der Waals surface area contributed by atoms with E-state index in [-0.39, 0.29) is 37.3 Å². The number of carbonyl (C=O) groups is 2. The third-order valence-electron chi connectivity index (χ3n) is 4.93. The van der Waals surface area contributed by atoms with Crippen LogP contribution in [-0.2, 0) is 34.0 Å². The van der Waals surface area contributed by atoms with Gasteiger partial charge in [-0.25, -0.2) is 4.39 Å². The molecule has 0 unspecified atom stereocenters. The maximum absolute atomic E-state index is 13.3. The van der Waals surface area contributed by atoms with Gasteiger partial charge in [-0.15, -0.1) is 17.9 Å². The molecule has 0 aliphatic rings. The average molecular weight is 467 g/mol. The van der Waals surface area contributed by atoms with Crippen LogP contribution in [-0.4, -0.2) is 41.3 Å². The number of rotatable bonds is 12. The summed E-state index contributed by atoms with van der Waals surface area (Å²) in [6, 6.07) is 19.5. The number of halogens is 1. The van der Waals surface area contributed by atoms with E-state index < -0.39 is 0 Å². The zero-order valence-corrected chi connectivity index (χ0v) is 19.2. The van der Waals surface area contributed by atoms with E-state index in [2.05, 4.69) is 6.58 Å². The summed E-state index contributed by atoms with van der Waals surface area (Å²) in [6.45, 7) is 4.77. The highest BCUT2D eigenvalue weighted by Gasteiger charge is 2.21. The minimum Gasteiger partial charge on any atom is -0.367 e. The summed E-state index contributed by atoms with van der Waals surface area (Å²) in [5, 5.41) is 1.95. The predicted octanol–water partition coefficient (Wildman–Crippen LogP) is 4.65. The van der Waals surface area contributed by atoms with Gasteiger partial charge < -0.3 is 14.5 Å². The summed E-state index contributed by atoms with van der Waals surface area (Å²) in [5.74, 6) is -0.809. The molecule has 0 spiro atoms. The van der Waals surface area contributed by atoms with E-state index >= 15 is 0 Å². The Morgan fingerprint density at radius 3 is 2.33 bits per heavy atom. The van der Waals surface area contributed by atoms with Gasteiger partial charge in [0, 0.05) is 18.0 Å². The van der Waals surface area contributed by atoms with Crippen molar-refractivity contribution in [3.8, 4) is 0 Å². The second-order valence-electron chi connectivity index (χ2n) is 7.50. The Morgan fingerprint density at radius 2 is 1.67 bits per heavy atom. The number of hydrogen-bond acceptors (Lipinski definition) is 4. The molecule has 0 N–H and O–H groups in total. The van der Waals surface area contributed by atoms with Crippen LogP contribution in [0.4, 0.5) is 4.39 Å². The van der Waals surface area contributed by atoms with Gasteiger partial charge in [0.2, 0.25) is 11.8 Å². The van der Waals surface area contributed by atoms with Gasteiger partial charge in [0.1, 0.15) is 19.0 Å². The van der Waals surface area contributed by atoms with Crippen molar-refractivity contribution in [1.82, 2.24) is 9.80 Å². The Balaban J connectivity index is 1.63. The molecular formula is C26H27FN2O3S. The topological polar surface area (TPSA) is 49.9 Å². The maximum Gasteiger partial charge on any atom is 0.249 e. The normalized spacial score (nSPS) is 10.6. The van der Waals surface area contributed by atoms with Crippen molar-refractivity contribution in [2.24, 2.45) is 0 Å². The molecule has 0 radical (unpaired) electrons. The lowest BCUT2D eigenvalue weighted by Gasteiger charge is -2.27. The van der Waals surface area contributed by atoms with Crippen LogP contribution in [0.1, 0.15) is 16.0 Å². The van der Waals surface area contributed by atoms with Gasteiger partial charge >= 0.3 is 0 Å². The molecule has 3 aromatic rings. The molecule has 33 heavy (non-hydrogen) atoms. The standard InChI is InChI=1S/C26H27FN2O3S/c1-2-14-28(26(31)20-32-19-22-7-4-3-5-8-22)18-25(30)29(17-24-9-6-15-33-24)16-21-10-12-23(27)13-11-21/h2-13,15H,1,14,16-20H2. The van der Waals surface area contributed by atoms with E-state index in [0.29, 0.717) is 19.7 Å². The second kappa shape index (κ2) is 12.7. The summed E-state index contributed by atoms with van der Waals surface area (Å²) in [5.41, 5.74) is 1.78. The predicted molar refractivity (Wildman–Crippen MR) is 128 cm³/mol. The lowest BCUT2D eigenvalue weighted by Crippen LogP contribution is -2.43. The van der Waals surface area contributed by atoms with E-state index in [1.807, 2.05) is 47.8 Å². The van der Waals surface area contributed by atoms with Gasteiger partial charge in [0.25, 0.3) is 0 Å². The van der Waals surface area contributed by atoms with Crippen LogP contribution in [0.25, 0.3) is 0 Å². The Labute approximate surface area is 197 Å². The fourth-order valence-electron chi connectivity index (χ4n) is 3.23. The van der Waals surface area contributed by atoms with Crippen molar-refractivity contribution < 1.29 is 18.7 Å². The van der Waals surface area contributed by atoms with Crippen molar-refractivity contribution >= 4 is 23.2 Å². The second-order valence-corrected chi connectivity index (χ2v) is 8.53. The van der Waals surface area contributed by atoms with Gasteiger partial charge in [0.05, 0.1) is 13.2 Å². The molecule has 3 rings (SSSR count). The quantitative estimate of drug-likeness (QED) is 0.365. The largest absolute Gasteiger partial charge is 0.367 e. The first-order chi connectivity index (χ1) is 16.0. The van der Waals surface area contributed by atoms with E-state index in [9.17, 15) is 14.0 Å². The molecule has 0 aliphatic carbocycles. The maximum atomic E-state index is 13.3. The third-order valence-corrected chi connectivity index (χ3v) is 5.79. The minimum atomic E-state index is -0.326. The number of benzene rings is 2. The molecule has 2 aromatic carbocycles. The number of hydrogen-bond donors (Lipinski definition) is 0. The molecule has 0 bridgehead atoms. The Hall–Kier alpha value is -3.29. The van der Waals surface area contributed by atoms with Crippen LogP contribution >= 0.6 is 11.3 Å². The molecule has 0 saturated carbocycles. The molecular weight excluding hydrogens is 439 g/mol. The van der Waals surface area contributed by atoms with Crippen molar-refractivity contribution in [2.45, 2.75) is 19.7 Å². The first kappa shape index (κ1) is 24.4. The van der Waals surface area contributed by atoms with Crippen LogP contribution in [0.2, 0.25) is 0 Å². The van der Waals surface area contributed by atoms with Crippen LogP contribution < -0.4 is 0 Å². The smallest absolute Gasteiger partial charge is 0.249 e. The van der Waals surface area contributed by atoms with Gasteiger partial charge in [-0.05, 0) is 34.7 Å². The average Bonchev–Trinajstić information content (AvgIpc) is 3.33. The molecule has 7 heteroatoms. The van der Waals surface area contributed by atoms with Crippen LogP contribution in [0.5, 0.6) is 0 Å². The first-order valence-corrected chi connectivity index (χ1v) is 11.5. The van der Waals surface area contributed by atoms with E-state index in [4.69, 9.17) is 4.74 Å². The summed E-state index contributed by atoms with van der Waals surface area (Å²) < 4.78 is 18.9. The highest BCUT2D eigenvalue weighted by Crippen LogP contribution is 2.16. The molecule has 5 nitrogen and oxygen atoms in total. The monoisotopic (exact) mass is 466 g/mol. The minimum absolute atomic E-state index is 0.0912. The van der Waals surface area contributed by atoms with Crippen LogP contribution in [0, 0.1) is 5.82 Å². The lowest BCUT2D eigenvalue weighted by molar-refractivity contribution is -0.143. The first-order valence-electron chi connectivity index (χ1n) is 10.6. The zero-order chi connectivity index (χ0) is 23.5. The van der Waals surface area contributed by atoms with Gasteiger partial charge in [-0.2, -0.15) is 0 Å². The molecule has 1 heterocycles. The number of thiophene rings is 1. The zero-order valence-electron chi connectivity index (χ0n) is 18.4. The molecule has 1 aromatic heterocycles. The van der Waals surface area contributed by atoms with Crippen molar-refractivity contribution in [1.29, 1.82) is 0 Å². The van der Waals surface area contributed by atoms with Gasteiger partial charge in [0.15, 0.2) is 0 Å². The van der Waals surface area contributed by atoms with Crippen molar-refractivity contribution in [3.05, 3.63) is 107 Å². The molecule has 172 valence electrons. The van der Waals surface area contributed by atoms with Gasteiger partial charge in [-0.3, -0.25) is 9.59 Å². The fourth-order valence-corrected chi connectivity index (χ4v) is 3.95. The number of ether oxygens (including phenoxy) is 1. The summed E-state index contributed by atoms with van der Waals surface area (Å²) in [6.07, 6.45) is 1.59. The highest BCUT2D eigenvalue weighted by atomic mass is 32.1. The Morgan fingerprint density at radius 1 is 0.909 bits per heavy atom. The van der Waals surface area contributed by atoms with Gasteiger partial charge in [-0.1, -0.05) is 54.6 Å². The highest BCUT2D eigenvalue weighted by molar-refractivity contribution is 7.09. The summed E-state index contributed by atoms with van der Waals surface area (Å²) >= 11 is 1.56. The number of amides is 2. The molecule has 0 saturated heterocycles. The Kier molecular flexibility index (Phi) is 9.35. The fraction of sp³-hybridized carbons (Fsp3) is 0.231. The van der Waals surface area contributed by atoms with Crippen molar-refractivity contribution in [2.75, 3.05) is 19.7 Å². The number of nitrogens with zero attached hydrogens (tertiary/aromatic N) is 2. The number of carbonyl (C=O) groups excluding carboxylic acids is 2. The lowest BCUT2D eigenvalue weighted by atomic mass is 10.2. The van der Waals surface area contributed by atoms with E-state index in [1.165, 1.54) is 17.0 Å². The molecule has 0 atom stereocenters. The van der Waals surface area contributed by atoms with Crippen LogP contribution in [0.3, 0.4) is 0 Å². The molecule has 0 aliphatic heterocycles. The molecule has 2 amide bonds. The summed E-state index contributed by atoms with van der Waals surface area (Å²) in [4.78, 5) is 30.1. The third kappa shape index (κ3) is 7.97. The Bertz CT molecular complexity index is 1020. The van der Waals surface area contributed by atoms with Crippen LogP contribution in [0.15, 0.2) is 84.8 Å². The SMILES string of the molecule is C=CCN(CC(=O)N(Cc1ccc(F)cc1)Cc1cccs1)C(=O)COCc1ccccc1. The van der Waals surface area contributed by atoms with Crippen molar-refractivity contribution in [3.63, 3.8) is 0 Å².